The van der Waals surface area contributed by atoms with Crippen molar-refractivity contribution >= 4 is 34.8 Å². The lowest BCUT2D eigenvalue weighted by Gasteiger charge is -2.14. The van der Waals surface area contributed by atoms with Gasteiger partial charge in [0.05, 0.1) is 11.3 Å². The minimum Gasteiger partial charge on any atom is -0.322 e. The second kappa shape index (κ2) is 10.5. The van der Waals surface area contributed by atoms with E-state index < -0.39 is 0 Å². The fraction of sp³-hybridized carbons (Fsp3) is 0.312. The number of benzene rings is 2. The molecule has 0 aliphatic heterocycles. The molecule has 5 heteroatoms. The third-order valence-electron chi connectivity index (χ3n) is 7.26. The van der Waals surface area contributed by atoms with E-state index >= 15 is 0 Å². The number of hydrogen-bond donors (Lipinski definition) is 1. The Labute approximate surface area is 224 Å². The van der Waals surface area contributed by atoms with E-state index in [1.165, 1.54) is 28.0 Å². The van der Waals surface area contributed by atoms with Crippen LogP contribution in [0.4, 0.5) is 11.4 Å². The minimum atomic E-state index is -0.0215. The van der Waals surface area contributed by atoms with Gasteiger partial charge in [-0.3, -0.25) is 9.79 Å². The van der Waals surface area contributed by atoms with Crippen molar-refractivity contribution in [3.8, 4) is 5.00 Å². The number of aromatic nitrogens is 1. The van der Waals surface area contributed by atoms with Crippen LogP contribution in [0.25, 0.3) is 5.00 Å². The van der Waals surface area contributed by atoms with Crippen molar-refractivity contribution in [2.75, 3.05) is 5.32 Å². The van der Waals surface area contributed by atoms with Crippen molar-refractivity contribution in [3.05, 3.63) is 98.7 Å². The van der Waals surface area contributed by atoms with Crippen molar-refractivity contribution in [2.45, 2.75) is 66.2 Å². The van der Waals surface area contributed by atoms with Crippen LogP contribution >= 0.6 is 11.3 Å². The number of carbonyl (C=O) groups excluding carboxylic acids is 1. The predicted molar refractivity (Wildman–Crippen MR) is 157 cm³/mol. The van der Waals surface area contributed by atoms with E-state index in [1.807, 2.05) is 36.5 Å². The van der Waals surface area contributed by atoms with Gasteiger partial charge in [0.25, 0.3) is 5.91 Å². The summed E-state index contributed by atoms with van der Waals surface area (Å²) in [6, 6.07) is 18.5. The van der Waals surface area contributed by atoms with E-state index in [0.717, 1.165) is 58.2 Å². The molecule has 5 rings (SSSR count). The summed E-state index contributed by atoms with van der Waals surface area (Å²) >= 11 is 1.78. The summed E-state index contributed by atoms with van der Waals surface area (Å²) in [5, 5.41) is 4.19. The van der Waals surface area contributed by atoms with Crippen molar-refractivity contribution in [1.29, 1.82) is 0 Å². The Morgan fingerprint density at radius 1 is 1.03 bits per heavy atom. The highest BCUT2D eigenvalue weighted by Gasteiger charge is 2.28. The number of amides is 1. The van der Waals surface area contributed by atoms with Gasteiger partial charge in [0.15, 0.2) is 0 Å². The van der Waals surface area contributed by atoms with Crippen LogP contribution in [0.1, 0.15) is 81.5 Å². The number of nitrogens with zero attached hydrogens (tertiary/aromatic N) is 2. The van der Waals surface area contributed by atoms with Crippen LogP contribution in [0, 0.1) is 20.8 Å². The van der Waals surface area contributed by atoms with Crippen LogP contribution < -0.4 is 5.32 Å². The van der Waals surface area contributed by atoms with Gasteiger partial charge in [-0.15, -0.1) is 11.3 Å². The van der Waals surface area contributed by atoms with Crippen molar-refractivity contribution < 1.29 is 4.79 Å². The molecule has 4 nitrogen and oxygen atoms in total. The summed E-state index contributed by atoms with van der Waals surface area (Å²) in [5.41, 5.74) is 9.60. The van der Waals surface area contributed by atoms with Crippen LogP contribution in [0.2, 0.25) is 0 Å². The molecular formula is C32H35N3OS. The number of thiophene rings is 1. The number of anilines is 1. The summed E-state index contributed by atoms with van der Waals surface area (Å²) in [7, 11) is 0. The molecule has 0 spiro atoms. The Morgan fingerprint density at radius 2 is 1.76 bits per heavy atom. The van der Waals surface area contributed by atoms with Crippen molar-refractivity contribution in [3.63, 3.8) is 0 Å². The number of fused-ring (bicyclic) bond motifs is 1. The highest BCUT2D eigenvalue weighted by atomic mass is 32.1. The molecular weight excluding hydrogens is 474 g/mol. The molecule has 4 aromatic rings. The van der Waals surface area contributed by atoms with Gasteiger partial charge in [-0.25, -0.2) is 0 Å². The van der Waals surface area contributed by atoms with Gasteiger partial charge in [-0.1, -0.05) is 49.7 Å². The molecule has 2 aromatic carbocycles. The first kappa shape index (κ1) is 25.2. The lowest BCUT2D eigenvalue weighted by molar-refractivity contribution is 0.102. The van der Waals surface area contributed by atoms with Gasteiger partial charge in [0.1, 0.15) is 5.00 Å². The fourth-order valence-electron chi connectivity index (χ4n) is 5.24. The molecule has 0 radical (unpaired) electrons. The number of hydrogen-bond acceptors (Lipinski definition) is 3. The zero-order chi connectivity index (χ0) is 26.1. The molecule has 1 N–H and O–H groups in total. The van der Waals surface area contributed by atoms with Crippen LogP contribution in [0.5, 0.6) is 0 Å². The van der Waals surface area contributed by atoms with E-state index in [2.05, 4.69) is 68.8 Å². The Morgan fingerprint density at radius 3 is 2.51 bits per heavy atom. The van der Waals surface area contributed by atoms with E-state index in [0.29, 0.717) is 5.92 Å². The third-order valence-corrected chi connectivity index (χ3v) is 8.54. The predicted octanol–water partition coefficient (Wildman–Crippen LogP) is 8.47. The maximum absolute atomic E-state index is 13.7. The van der Waals surface area contributed by atoms with E-state index in [4.69, 9.17) is 4.99 Å². The molecule has 37 heavy (non-hydrogen) atoms. The molecule has 1 aliphatic rings. The molecule has 0 bridgehead atoms. The maximum Gasteiger partial charge on any atom is 0.258 e. The number of para-hydroxylation sites is 1. The summed E-state index contributed by atoms with van der Waals surface area (Å²) < 4.78 is 2.25. The van der Waals surface area contributed by atoms with E-state index in [1.54, 1.807) is 11.3 Å². The standard InChI is InChI=1S/C32H35N3OS/c1-20(2)26-10-6-8-12-28(26)33-19-24-18-22(4)35(23(24)5)32-30(27-11-7-9-13-29(27)37-32)31(36)34-25-16-14-21(3)15-17-25/h6,8,10,12,14-20H,7,9,11,13H2,1-5H3,(H,34,36). The summed E-state index contributed by atoms with van der Waals surface area (Å²) in [6.45, 7) is 10.7. The normalized spacial score (nSPS) is 13.4. The smallest absolute Gasteiger partial charge is 0.258 e. The fourth-order valence-corrected chi connectivity index (χ4v) is 6.73. The SMILES string of the molecule is Cc1ccc(NC(=O)c2c(-n3c(C)cc(C=Nc4ccccc4C(C)C)c3C)sc3c2CCCC3)cc1. The summed E-state index contributed by atoms with van der Waals surface area (Å²) in [6.07, 6.45) is 6.29. The van der Waals surface area contributed by atoms with E-state index in [-0.39, 0.29) is 5.91 Å². The second-order valence-electron chi connectivity index (χ2n) is 10.3. The summed E-state index contributed by atoms with van der Waals surface area (Å²) in [5.74, 6) is 0.389. The average molecular weight is 510 g/mol. The largest absolute Gasteiger partial charge is 0.322 e. The third kappa shape index (κ3) is 5.05. The molecule has 2 aromatic heterocycles. The Kier molecular flexibility index (Phi) is 7.16. The van der Waals surface area contributed by atoms with Gasteiger partial charge in [-0.05, 0) is 87.8 Å². The van der Waals surface area contributed by atoms with Gasteiger partial charge in [0, 0.05) is 33.7 Å². The number of rotatable bonds is 6. The Hall–Kier alpha value is -3.44. The zero-order valence-electron chi connectivity index (χ0n) is 22.4. The number of carbonyl (C=O) groups is 1. The zero-order valence-corrected chi connectivity index (χ0v) is 23.2. The quantitative estimate of drug-likeness (QED) is 0.260. The average Bonchev–Trinajstić information content (AvgIpc) is 3.40. The van der Waals surface area contributed by atoms with Crippen LogP contribution in [0.15, 0.2) is 59.6 Å². The summed E-state index contributed by atoms with van der Waals surface area (Å²) in [4.78, 5) is 20.0. The number of nitrogens with one attached hydrogen (secondary N) is 1. The molecule has 190 valence electrons. The topological polar surface area (TPSA) is 46.4 Å². The van der Waals surface area contributed by atoms with Crippen LogP contribution in [-0.4, -0.2) is 16.7 Å². The van der Waals surface area contributed by atoms with Crippen molar-refractivity contribution in [1.82, 2.24) is 4.57 Å². The molecule has 1 aliphatic carbocycles. The van der Waals surface area contributed by atoms with Crippen LogP contribution in [-0.2, 0) is 12.8 Å². The lowest BCUT2D eigenvalue weighted by Crippen LogP contribution is -2.17. The van der Waals surface area contributed by atoms with Gasteiger partial charge in [-0.2, -0.15) is 0 Å². The molecule has 0 atom stereocenters. The monoisotopic (exact) mass is 509 g/mol. The number of aryl methyl sites for hydroxylation is 3. The second-order valence-corrected chi connectivity index (χ2v) is 11.4. The van der Waals surface area contributed by atoms with Crippen LogP contribution in [0.3, 0.4) is 0 Å². The Balaban J connectivity index is 1.55. The van der Waals surface area contributed by atoms with E-state index in [9.17, 15) is 4.79 Å². The molecule has 2 heterocycles. The maximum atomic E-state index is 13.7. The first-order chi connectivity index (χ1) is 17.8. The molecule has 0 unspecified atom stereocenters. The first-order valence-electron chi connectivity index (χ1n) is 13.2. The Bertz CT molecular complexity index is 1470. The first-order valence-corrected chi connectivity index (χ1v) is 14.0. The van der Waals surface area contributed by atoms with Gasteiger partial charge in [0.2, 0.25) is 0 Å². The molecule has 1 amide bonds. The number of aliphatic imine (C=N–C) groups is 1. The molecule has 0 saturated carbocycles. The molecule has 0 saturated heterocycles. The molecule has 0 fully saturated rings. The lowest BCUT2D eigenvalue weighted by atomic mass is 9.95. The highest BCUT2D eigenvalue weighted by molar-refractivity contribution is 7.15. The van der Waals surface area contributed by atoms with Crippen molar-refractivity contribution in [2.24, 2.45) is 4.99 Å². The highest BCUT2D eigenvalue weighted by Crippen LogP contribution is 2.39. The van der Waals surface area contributed by atoms with Gasteiger partial charge >= 0.3 is 0 Å². The van der Waals surface area contributed by atoms with Gasteiger partial charge < -0.3 is 9.88 Å². The minimum absolute atomic E-state index is 0.0215.